The molecule has 1 aromatic carbocycles. The third-order valence-corrected chi connectivity index (χ3v) is 7.33. The van der Waals surface area contributed by atoms with E-state index in [-0.39, 0.29) is 0 Å². The lowest BCUT2D eigenvalue weighted by Gasteiger charge is -2.24. The molecular formula is C19H21N5O2S. The number of nitrogens with zero attached hydrogens (tertiary/aromatic N) is 5. The van der Waals surface area contributed by atoms with E-state index < -0.39 is 10.0 Å². The maximum Gasteiger partial charge on any atom is 0.285 e. The Morgan fingerprint density at radius 3 is 2.37 bits per heavy atom. The molecule has 0 aliphatic carbocycles. The molecule has 3 aliphatic heterocycles. The molecule has 4 heterocycles. The van der Waals surface area contributed by atoms with E-state index in [1.165, 1.54) is 0 Å². The smallest absolute Gasteiger partial charge is 0.285 e. The van der Waals surface area contributed by atoms with Crippen LogP contribution < -0.4 is 4.90 Å². The summed E-state index contributed by atoms with van der Waals surface area (Å²) in [6, 6.07) is 7.11. The van der Waals surface area contributed by atoms with Crippen molar-refractivity contribution in [2.45, 2.75) is 18.7 Å². The summed E-state index contributed by atoms with van der Waals surface area (Å²) in [6.07, 6.45) is 1.63. The van der Waals surface area contributed by atoms with E-state index in [1.54, 1.807) is 18.5 Å². The van der Waals surface area contributed by atoms with E-state index in [0.29, 0.717) is 22.6 Å². The first-order valence-electron chi connectivity index (χ1n) is 9.16. The van der Waals surface area contributed by atoms with Crippen LogP contribution in [0.4, 0.5) is 5.82 Å². The molecule has 0 bridgehead atoms. The number of hydrogen-bond acceptors (Lipinski definition) is 6. The standard InChI is InChI=1S/C19H21N5O2S/c1-12-13(2)20-11-21-18(12)23-7-14-9-24(10-15(14)8-23)19-16-5-3-4-6-17(16)27(25,26)22-19/h3-6,11,14-15H,7-10H2,1-2H3. The lowest BCUT2D eigenvalue weighted by atomic mass is 10.0. The van der Waals surface area contributed by atoms with Crippen LogP contribution in [0.25, 0.3) is 0 Å². The number of anilines is 1. The zero-order chi connectivity index (χ0) is 18.8. The van der Waals surface area contributed by atoms with E-state index in [9.17, 15) is 8.42 Å². The molecule has 3 aliphatic rings. The fourth-order valence-corrected chi connectivity index (χ4v) is 5.73. The first-order valence-corrected chi connectivity index (χ1v) is 10.6. The summed E-state index contributed by atoms with van der Waals surface area (Å²) in [5, 5.41) is 0. The van der Waals surface area contributed by atoms with Crippen LogP contribution in [-0.4, -0.2) is 55.3 Å². The highest BCUT2D eigenvalue weighted by Gasteiger charge is 2.44. The molecule has 0 N–H and O–H groups in total. The highest BCUT2D eigenvalue weighted by molar-refractivity contribution is 7.90. The van der Waals surface area contributed by atoms with Gasteiger partial charge in [0.25, 0.3) is 10.0 Å². The Labute approximate surface area is 158 Å². The maximum atomic E-state index is 12.3. The van der Waals surface area contributed by atoms with Crippen LogP contribution in [0.1, 0.15) is 16.8 Å². The van der Waals surface area contributed by atoms with Crippen LogP contribution in [0, 0.1) is 25.7 Å². The van der Waals surface area contributed by atoms with Gasteiger partial charge in [0.1, 0.15) is 17.0 Å². The third kappa shape index (κ3) is 2.54. The normalized spacial score (nSPS) is 25.5. The average Bonchev–Trinajstić information content (AvgIpc) is 3.28. The number of rotatable bonds is 1. The Hall–Kier alpha value is -2.48. The van der Waals surface area contributed by atoms with Gasteiger partial charge in [0.15, 0.2) is 5.84 Å². The second-order valence-electron chi connectivity index (χ2n) is 7.62. The number of fused-ring (bicyclic) bond motifs is 2. The van der Waals surface area contributed by atoms with Gasteiger partial charge in [0.2, 0.25) is 0 Å². The van der Waals surface area contributed by atoms with Crippen molar-refractivity contribution >= 4 is 21.7 Å². The predicted molar refractivity (Wildman–Crippen MR) is 102 cm³/mol. The largest absolute Gasteiger partial charge is 0.356 e. The predicted octanol–water partition coefficient (Wildman–Crippen LogP) is 1.61. The molecule has 2 unspecified atom stereocenters. The zero-order valence-electron chi connectivity index (χ0n) is 15.3. The SMILES string of the molecule is Cc1ncnc(N2CC3CN(C4=NS(=O)(=O)c5ccccc54)CC3C2)c1C. The quantitative estimate of drug-likeness (QED) is 0.744. The van der Waals surface area contributed by atoms with Gasteiger partial charge < -0.3 is 9.80 Å². The molecule has 1 aromatic heterocycles. The van der Waals surface area contributed by atoms with Gasteiger partial charge in [0, 0.05) is 54.8 Å². The molecule has 0 amide bonds. The van der Waals surface area contributed by atoms with Gasteiger partial charge >= 0.3 is 0 Å². The van der Waals surface area contributed by atoms with E-state index in [4.69, 9.17) is 0 Å². The molecule has 0 spiro atoms. The molecule has 27 heavy (non-hydrogen) atoms. The van der Waals surface area contributed by atoms with Crippen molar-refractivity contribution in [2.24, 2.45) is 16.2 Å². The minimum absolute atomic E-state index is 0.325. The van der Waals surface area contributed by atoms with Crippen molar-refractivity contribution in [3.8, 4) is 0 Å². The molecule has 8 heteroatoms. The van der Waals surface area contributed by atoms with Gasteiger partial charge in [0.05, 0.1) is 0 Å². The fourth-order valence-electron chi connectivity index (χ4n) is 4.50. The zero-order valence-corrected chi connectivity index (χ0v) is 16.1. The highest BCUT2D eigenvalue weighted by Crippen LogP contribution is 2.37. The second kappa shape index (κ2) is 5.76. The lowest BCUT2D eigenvalue weighted by molar-refractivity contribution is 0.478. The molecule has 0 saturated carbocycles. The molecule has 2 fully saturated rings. The number of aromatic nitrogens is 2. The molecular weight excluding hydrogens is 362 g/mol. The number of amidine groups is 1. The Morgan fingerprint density at radius 2 is 1.63 bits per heavy atom. The Balaban J connectivity index is 1.37. The summed E-state index contributed by atoms with van der Waals surface area (Å²) in [5.41, 5.74) is 2.88. The van der Waals surface area contributed by atoms with Gasteiger partial charge in [-0.1, -0.05) is 12.1 Å². The summed E-state index contributed by atoms with van der Waals surface area (Å²) in [5.74, 6) is 2.60. The van der Waals surface area contributed by atoms with Crippen LogP contribution in [0.5, 0.6) is 0 Å². The first kappa shape index (κ1) is 16.7. The van der Waals surface area contributed by atoms with Gasteiger partial charge in [-0.15, -0.1) is 4.40 Å². The van der Waals surface area contributed by atoms with Crippen molar-refractivity contribution < 1.29 is 8.42 Å². The van der Waals surface area contributed by atoms with Gasteiger partial charge in [-0.05, 0) is 26.0 Å². The molecule has 7 nitrogen and oxygen atoms in total. The van der Waals surface area contributed by atoms with E-state index in [0.717, 1.165) is 48.8 Å². The van der Waals surface area contributed by atoms with Crippen molar-refractivity contribution in [2.75, 3.05) is 31.1 Å². The van der Waals surface area contributed by atoms with Crippen LogP contribution in [0.15, 0.2) is 39.9 Å². The minimum atomic E-state index is -3.56. The topological polar surface area (TPSA) is 78.8 Å². The van der Waals surface area contributed by atoms with Crippen molar-refractivity contribution in [1.29, 1.82) is 0 Å². The van der Waals surface area contributed by atoms with Crippen LogP contribution in [-0.2, 0) is 10.0 Å². The number of hydrogen-bond donors (Lipinski definition) is 0. The van der Waals surface area contributed by atoms with Gasteiger partial charge in [-0.25, -0.2) is 9.97 Å². The number of benzene rings is 1. The number of aryl methyl sites for hydroxylation is 1. The molecule has 2 aromatic rings. The summed E-state index contributed by atoms with van der Waals surface area (Å²) in [7, 11) is -3.56. The molecule has 2 atom stereocenters. The minimum Gasteiger partial charge on any atom is -0.356 e. The molecule has 5 rings (SSSR count). The molecule has 0 radical (unpaired) electrons. The monoisotopic (exact) mass is 383 g/mol. The average molecular weight is 383 g/mol. The van der Waals surface area contributed by atoms with E-state index >= 15 is 0 Å². The fraction of sp³-hybridized carbons (Fsp3) is 0.421. The van der Waals surface area contributed by atoms with E-state index in [2.05, 4.69) is 31.1 Å². The van der Waals surface area contributed by atoms with E-state index in [1.807, 2.05) is 19.1 Å². The summed E-state index contributed by atoms with van der Waals surface area (Å²) >= 11 is 0. The maximum absolute atomic E-state index is 12.3. The van der Waals surface area contributed by atoms with Crippen molar-refractivity contribution in [3.05, 3.63) is 47.4 Å². The number of sulfonamides is 1. The van der Waals surface area contributed by atoms with Crippen LogP contribution >= 0.6 is 0 Å². The summed E-state index contributed by atoms with van der Waals surface area (Å²) < 4.78 is 28.8. The Morgan fingerprint density at radius 1 is 0.963 bits per heavy atom. The first-order chi connectivity index (χ1) is 12.9. The summed E-state index contributed by atoms with van der Waals surface area (Å²) in [6.45, 7) is 7.59. The van der Waals surface area contributed by atoms with Crippen molar-refractivity contribution in [3.63, 3.8) is 0 Å². The van der Waals surface area contributed by atoms with Crippen molar-refractivity contribution in [1.82, 2.24) is 14.9 Å². The molecule has 140 valence electrons. The van der Waals surface area contributed by atoms with Crippen LogP contribution in [0.3, 0.4) is 0 Å². The number of likely N-dealkylation sites (tertiary alicyclic amines) is 1. The Kier molecular flexibility index (Phi) is 3.56. The van der Waals surface area contributed by atoms with Crippen LogP contribution in [0.2, 0.25) is 0 Å². The third-order valence-electron chi connectivity index (χ3n) is 6.01. The van der Waals surface area contributed by atoms with Gasteiger partial charge in [-0.2, -0.15) is 8.42 Å². The highest BCUT2D eigenvalue weighted by atomic mass is 32.2. The lowest BCUT2D eigenvalue weighted by Crippen LogP contribution is -2.33. The summed E-state index contributed by atoms with van der Waals surface area (Å²) in [4.78, 5) is 13.6. The van der Waals surface area contributed by atoms with Gasteiger partial charge in [-0.3, -0.25) is 0 Å². The second-order valence-corrected chi connectivity index (χ2v) is 9.20. The molecule has 2 saturated heterocycles. The Bertz CT molecular complexity index is 1050.